The first-order chi connectivity index (χ1) is 9.87. The first-order valence-corrected chi connectivity index (χ1v) is 9.71. The Balaban J connectivity index is 1.75. The molecule has 1 fully saturated rings. The zero-order chi connectivity index (χ0) is 15.1. The van der Waals surface area contributed by atoms with E-state index in [1.54, 1.807) is 0 Å². The maximum Gasteiger partial charge on any atom is 0.148 e. The minimum atomic E-state index is -2.92. The maximum atomic E-state index is 11.5. The van der Waals surface area contributed by atoms with E-state index in [-0.39, 0.29) is 11.2 Å². The molecule has 0 saturated heterocycles. The Labute approximate surface area is 126 Å². The van der Waals surface area contributed by atoms with Crippen molar-refractivity contribution in [1.29, 1.82) is 0 Å². The summed E-state index contributed by atoms with van der Waals surface area (Å²) in [4.78, 5) is 9.09. The van der Waals surface area contributed by atoms with Gasteiger partial charge < -0.3 is 5.32 Å². The molecule has 3 rings (SSSR count). The first kappa shape index (κ1) is 14.8. The Hall–Kier alpha value is -1.17. The molecule has 0 bridgehead atoms. The van der Waals surface area contributed by atoms with Crippen molar-refractivity contribution in [3.05, 3.63) is 17.1 Å². The third kappa shape index (κ3) is 3.54. The lowest BCUT2D eigenvalue weighted by Crippen LogP contribution is -2.25. The van der Waals surface area contributed by atoms with Crippen LogP contribution in [0.5, 0.6) is 0 Å². The van der Waals surface area contributed by atoms with Crippen molar-refractivity contribution in [2.45, 2.75) is 45.4 Å². The molecular formula is C15H23N3O2S. The second-order valence-corrected chi connectivity index (χ2v) is 8.82. The highest BCUT2D eigenvalue weighted by Gasteiger charge is 2.45. The summed E-state index contributed by atoms with van der Waals surface area (Å²) in [7, 11) is -2.92. The van der Waals surface area contributed by atoms with Crippen LogP contribution in [-0.2, 0) is 22.7 Å². The third-order valence-corrected chi connectivity index (χ3v) is 5.59. The van der Waals surface area contributed by atoms with Crippen molar-refractivity contribution in [3.63, 3.8) is 0 Å². The van der Waals surface area contributed by atoms with E-state index in [0.29, 0.717) is 6.54 Å². The van der Waals surface area contributed by atoms with Crippen molar-refractivity contribution < 1.29 is 8.42 Å². The van der Waals surface area contributed by atoms with Gasteiger partial charge in [-0.25, -0.2) is 18.4 Å². The normalized spacial score (nSPS) is 19.9. The van der Waals surface area contributed by atoms with Crippen LogP contribution in [0.1, 0.15) is 42.8 Å². The number of nitrogens with one attached hydrogen (secondary N) is 1. The fourth-order valence-corrected chi connectivity index (χ4v) is 4.74. The molecular weight excluding hydrogens is 286 g/mol. The highest BCUT2D eigenvalue weighted by Crippen LogP contribution is 2.46. The van der Waals surface area contributed by atoms with Crippen LogP contribution < -0.4 is 5.32 Å². The van der Waals surface area contributed by atoms with Gasteiger partial charge in [-0.2, -0.15) is 0 Å². The van der Waals surface area contributed by atoms with Crippen LogP contribution in [0, 0.1) is 12.3 Å². The van der Waals surface area contributed by atoms with Crippen LogP contribution >= 0.6 is 0 Å². The van der Waals surface area contributed by atoms with Gasteiger partial charge in [0.25, 0.3) is 0 Å². The van der Waals surface area contributed by atoms with Crippen LogP contribution in [0.4, 0.5) is 5.82 Å². The molecule has 5 nitrogen and oxygen atoms in total. The second kappa shape index (κ2) is 5.23. The van der Waals surface area contributed by atoms with Crippen LogP contribution in [0.3, 0.4) is 0 Å². The minimum absolute atomic E-state index is 0.0754. The number of aromatic nitrogens is 2. The maximum absolute atomic E-state index is 11.5. The molecule has 0 aliphatic heterocycles. The molecule has 2 aliphatic rings. The highest BCUT2D eigenvalue weighted by atomic mass is 32.2. The van der Waals surface area contributed by atoms with E-state index in [1.165, 1.54) is 30.4 Å². The molecule has 2 aliphatic carbocycles. The van der Waals surface area contributed by atoms with Gasteiger partial charge in [-0.15, -0.1) is 0 Å². The lowest BCUT2D eigenvalue weighted by Gasteiger charge is -2.21. The summed E-state index contributed by atoms with van der Waals surface area (Å²) in [6.45, 7) is 2.62. The summed E-state index contributed by atoms with van der Waals surface area (Å²) in [5.41, 5.74) is 2.33. The smallest absolute Gasteiger partial charge is 0.148 e. The fourth-order valence-electron chi connectivity index (χ4n) is 3.24. The Morgan fingerprint density at radius 1 is 1.19 bits per heavy atom. The highest BCUT2D eigenvalue weighted by molar-refractivity contribution is 7.90. The molecule has 1 N–H and O–H groups in total. The average molecular weight is 309 g/mol. The van der Waals surface area contributed by atoms with Gasteiger partial charge in [-0.05, 0) is 45.4 Å². The lowest BCUT2D eigenvalue weighted by atomic mass is 9.96. The van der Waals surface area contributed by atoms with Gasteiger partial charge in [0.15, 0.2) is 0 Å². The number of sulfone groups is 1. The SMILES string of the molecule is Cc1nc2c(c(NCC3(CS(C)(=O)=O)CC3)n1)CCCC2. The second-order valence-electron chi connectivity index (χ2n) is 6.68. The zero-order valence-electron chi connectivity index (χ0n) is 12.8. The quantitative estimate of drug-likeness (QED) is 0.899. The van der Waals surface area contributed by atoms with Crippen molar-refractivity contribution >= 4 is 15.7 Å². The molecule has 0 atom stereocenters. The number of rotatable bonds is 5. The van der Waals surface area contributed by atoms with Gasteiger partial charge in [0.2, 0.25) is 0 Å². The van der Waals surface area contributed by atoms with Crippen molar-refractivity contribution in [2.24, 2.45) is 5.41 Å². The Morgan fingerprint density at radius 3 is 2.57 bits per heavy atom. The first-order valence-electron chi connectivity index (χ1n) is 7.65. The number of hydrogen-bond acceptors (Lipinski definition) is 5. The van der Waals surface area contributed by atoms with Gasteiger partial charge >= 0.3 is 0 Å². The summed E-state index contributed by atoms with van der Waals surface area (Å²) in [5.74, 6) is 2.00. The molecule has 1 aromatic rings. The molecule has 116 valence electrons. The molecule has 0 aromatic carbocycles. The van der Waals surface area contributed by atoms with Gasteiger partial charge in [0, 0.05) is 29.5 Å². The number of nitrogens with zero attached hydrogens (tertiary/aromatic N) is 2. The number of hydrogen-bond donors (Lipinski definition) is 1. The molecule has 1 saturated carbocycles. The molecule has 1 aromatic heterocycles. The standard InChI is InChI=1S/C15H23N3O2S/c1-11-17-13-6-4-3-5-12(13)14(18-11)16-9-15(7-8-15)10-21(2,19)20/h3-10H2,1-2H3,(H,16,17,18). The minimum Gasteiger partial charge on any atom is -0.369 e. The Kier molecular flexibility index (Phi) is 3.67. The monoisotopic (exact) mass is 309 g/mol. The Morgan fingerprint density at radius 2 is 1.90 bits per heavy atom. The summed E-state index contributed by atoms with van der Waals surface area (Å²) < 4.78 is 23.1. The lowest BCUT2D eigenvalue weighted by molar-refractivity contribution is 0.559. The van der Waals surface area contributed by atoms with Crippen molar-refractivity contribution in [1.82, 2.24) is 9.97 Å². The van der Waals surface area contributed by atoms with Crippen LogP contribution in [0.15, 0.2) is 0 Å². The Bertz CT molecular complexity index is 651. The number of aryl methyl sites for hydroxylation is 2. The topological polar surface area (TPSA) is 72.0 Å². The molecule has 6 heteroatoms. The van der Waals surface area contributed by atoms with E-state index in [4.69, 9.17) is 0 Å². The predicted molar refractivity (Wildman–Crippen MR) is 83.3 cm³/mol. The molecule has 21 heavy (non-hydrogen) atoms. The van der Waals surface area contributed by atoms with Gasteiger partial charge in [-0.3, -0.25) is 0 Å². The predicted octanol–water partition coefficient (Wildman–Crippen LogP) is 1.90. The molecule has 0 spiro atoms. The van der Waals surface area contributed by atoms with E-state index in [9.17, 15) is 8.42 Å². The molecule has 0 radical (unpaired) electrons. The number of fused-ring (bicyclic) bond motifs is 1. The number of anilines is 1. The van der Waals surface area contributed by atoms with Gasteiger partial charge in [-0.1, -0.05) is 0 Å². The average Bonchev–Trinajstić information content (AvgIpc) is 3.13. The molecule has 1 heterocycles. The van der Waals surface area contributed by atoms with Crippen LogP contribution in [-0.4, -0.2) is 36.9 Å². The van der Waals surface area contributed by atoms with E-state index in [0.717, 1.165) is 37.3 Å². The van der Waals surface area contributed by atoms with E-state index in [1.807, 2.05) is 6.92 Å². The van der Waals surface area contributed by atoms with Crippen molar-refractivity contribution in [2.75, 3.05) is 23.9 Å². The molecule has 0 unspecified atom stereocenters. The van der Waals surface area contributed by atoms with E-state index >= 15 is 0 Å². The van der Waals surface area contributed by atoms with E-state index < -0.39 is 9.84 Å². The fraction of sp³-hybridized carbons (Fsp3) is 0.733. The van der Waals surface area contributed by atoms with Gasteiger partial charge in [0.1, 0.15) is 21.5 Å². The zero-order valence-corrected chi connectivity index (χ0v) is 13.6. The summed E-state index contributed by atoms with van der Waals surface area (Å²) in [6.07, 6.45) is 7.73. The van der Waals surface area contributed by atoms with E-state index in [2.05, 4.69) is 15.3 Å². The summed E-state index contributed by atoms with van der Waals surface area (Å²) >= 11 is 0. The summed E-state index contributed by atoms with van der Waals surface area (Å²) in [6, 6.07) is 0. The van der Waals surface area contributed by atoms with Gasteiger partial charge in [0.05, 0.1) is 5.75 Å². The van der Waals surface area contributed by atoms with Crippen molar-refractivity contribution in [3.8, 4) is 0 Å². The summed E-state index contributed by atoms with van der Waals surface area (Å²) in [5, 5.41) is 3.42. The largest absolute Gasteiger partial charge is 0.369 e. The third-order valence-electron chi connectivity index (χ3n) is 4.45. The van der Waals surface area contributed by atoms with Crippen LogP contribution in [0.25, 0.3) is 0 Å². The van der Waals surface area contributed by atoms with Crippen LogP contribution in [0.2, 0.25) is 0 Å². The molecule has 0 amide bonds.